The predicted molar refractivity (Wildman–Crippen MR) is 74.2 cm³/mol. The van der Waals surface area contributed by atoms with E-state index in [1.165, 1.54) is 12.1 Å². The number of carbonyl (C=O) groups is 1. The Hall–Kier alpha value is -2.00. The molecule has 1 rings (SSSR count). The first-order valence-corrected chi connectivity index (χ1v) is 6.40. The molecular formula is C15H17F3N2O. The lowest BCUT2D eigenvalue weighted by atomic mass is 9.98. The number of carbonyl (C=O) groups excluding carboxylic acids is 1. The largest absolute Gasteiger partial charge is 0.416 e. The van der Waals surface area contributed by atoms with Gasteiger partial charge in [0.15, 0.2) is 0 Å². The van der Waals surface area contributed by atoms with Crippen molar-refractivity contribution >= 4 is 5.91 Å². The van der Waals surface area contributed by atoms with E-state index in [0.717, 1.165) is 12.1 Å². The van der Waals surface area contributed by atoms with Crippen LogP contribution >= 0.6 is 0 Å². The third kappa shape index (κ3) is 4.80. The van der Waals surface area contributed by atoms with Crippen molar-refractivity contribution in [3.63, 3.8) is 0 Å². The Morgan fingerprint density at radius 2 is 1.86 bits per heavy atom. The SMILES string of the molecule is CCC(C)(NCC#Cc1ccc(C(F)(F)F)cc1)C(N)=O. The summed E-state index contributed by atoms with van der Waals surface area (Å²) in [5, 5.41) is 2.92. The highest BCUT2D eigenvalue weighted by molar-refractivity contribution is 5.84. The minimum atomic E-state index is -4.35. The van der Waals surface area contributed by atoms with Crippen LogP contribution in [0.4, 0.5) is 13.2 Å². The molecular weight excluding hydrogens is 281 g/mol. The van der Waals surface area contributed by atoms with E-state index in [-0.39, 0.29) is 6.54 Å². The zero-order valence-electron chi connectivity index (χ0n) is 11.8. The van der Waals surface area contributed by atoms with Crippen LogP contribution in [0.15, 0.2) is 24.3 Å². The van der Waals surface area contributed by atoms with E-state index in [2.05, 4.69) is 17.2 Å². The maximum absolute atomic E-state index is 12.4. The van der Waals surface area contributed by atoms with Gasteiger partial charge in [0.25, 0.3) is 0 Å². The quantitative estimate of drug-likeness (QED) is 0.838. The first-order valence-electron chi connectivity index (χ1n) is 6.40. The average Bonchev–Trinajstić information content (AvgIpc) is 2.42. The highest BCUT2D eigenvalue weighted by Gasteiger charge is 2.30. The summed E-state index contributed by atoms with van der Waals surface area (Å²) in [4.78, 5) is 11.3. The van der Waals surface area contributed by atoms with E-state index >= 15 is 0 Å². The van der Waals surface area contributed by atoms with E-state index in [1.807, 2.05) is 6.92 Å². The van der Waals surface area contributed by atoms with Gasteiger partial charge in [-0.25, -0.2) is 0 Å². The number of rotatable bonds is 4. The van der Waals surface area contributed by atoms with Gasteiger partial charge in [-0.1, -0.05) is 18.8 Å². The molecule has 21 heavy (non-hydrogen) atoms. The topological polar surface area (TPSA) is 55.1 Å². The number of amides is 1. The third-order valence-electron chi connectivity index (χ3n) is 3.26. The molecule has 0 aliphatic rings. The first kappa shape index (κ1) is 17.1. The average molecular weight is 298 g/mol. The van der Waals surface area contributed by atoms with Gasteiger partial charge in [0, 0.05) is 5.56 Å². The molecule has 1 unspecified atom stereocenters. The fraction of sp³-hybridized carbons (Fsp3) is 0.400. The van der Waals surface area contributed by atoms with Crippen LogP contribution < -0.4 is 11.1 Å². The summed E-state index contributed by atoms with van der Waals surface area (Å²) in [7, 11) is 0. The molecule has 0 aromatic heterocycles. The van der Waals surface area contributed by atoms with Crippen molar-refractivity contribution in [2.45, 2.75) is 32.0 Å². The standard InChI is InChI=1S/C15H17F3N2O/c1-3-14(2,13(19)21)20-10-4-5-11-6-8-12(9-7-11)15(16,17)18/h6-9,20H,3,10H2,1-2H3,(H2,19,21). The smallest absolute Gasteiger partial charge is 0.368 e. The molecule has 1 amide bonds. The Kier molecular flexibility index (Phi) is 5.39. The maximum Gasteiger partial charge on any atom is 0.416 e. The van der Waals surface area contributed by atoms with Gasteiger partial charge < -0.3 is 5.73 Å². The third-order valence-corrected chi connectivity index (χ3v) is 3.26. The molecule has 1 atom stereocenters. The number of nitrogens with two attached hydrogens (primary N) is 1. The molecule has 0 radical (unpaired) electrons. The van der Waals surface area contributed by atoms with Gasteiger partial charge in [-0.05, 0) is 37.6 Å². The van der Waals surface area contributed by atoms with Gasteiger partial charge in [0.05, 0.1) is 17.6 Å². The summed E-state index contributed by atoms with van der Waals surface area (Å²) in [5.74, 6) is 5.01. The Labute approximate surface area is 121 Å². The number of hydrogen-bond donors (Lipinski definition) is 2. The van der Waals surface area contributed by atoms with Crippen LogP contribution in [0, 0.1) is 11.8 Å². The van der Waals surface area contributed by atoms with Crippen molar-refractivity contribution in [3.8, 4) is 11.8 Å². The summed E-state index contributed by atoms with van der Waals surface area (Å²) < 4.78 is 37.1. The molecule has 0 fully saturated rings. The lowest BCUT2D eigenvalue weighted by Gasteiger charge is -2.24. The monoisotopic (exact) mass is 298 g/mol. The molecule has 3 N–H and O–H groups in total. The van der Waals surface area contributed by atoms with Crippen LogP contribution in [0.2, 0.25) is 0 Å². The number of alkyl halides is 3. The van der Waals surface area contributed by atoms with Crippen LogP contribution in [0.3, 0.4) is 0 Å². The van der Waals surface area contributed by atoms with Gasteiger partial charge in [0.2, 0.25) is 5.91 Å². The second-order valence-corrected chi connectivity index (χ2v) is 4.78. The normalized spacial score (nSPS) is 14.0. The van der Waals surface area contributed by atoms with Crippen molar-refractivity contribution in [2.75, 3.05) is 6.54 Å². The molecule has 0 bridgehead atoms. The Morgan fingerprint density at radius 1 is 1.29 bits per heavy atom. The molecule has 6 heteroatoms. The van der Waals surface area contributed by atoms with Gasteiger partial charge in [-0.3, -0.25) is 10.1 Å². The molecule has 3 nitrogen and oxygen atoms in total. The molecule has 0 saturated carbocycles. The van der Waals surface area contributed by atoms with Crippen molar-refractivity contribution < 1.29 is 18.0 Å². The number of halogens is 3. The number of hydrogen-bond acceptors (Lipinski definition) is 2. The van der Waals surface area contributed by atoms with Crippen molar-refractivity contribution in [1.29, 1.82) is 0 Å². The molecule has 0 aliphatic heterocycles. The Bertz CT molecular complexity index is 555. The highest BCUT2D eigenvalue weighted by Crippen LogP contribution is 2.28. The van der Waals surface area contributed by atoms with Crippen LogP contribution in [0.25, 0.3) is 0 Å². The van der Waals surface area contributed by atoms with E-state index in [9.17, 15) is 18.0 Å². The molecule has 1 aromatic rings. The van der Waals surface area contributed by atoms with Crippen LogP contribution in [-0.2, 0) is 11.0 Å². The number of primary amides is 1. The van der Waals surface area contributed by atoms with E-state index in [4.69, 9.17) is 5.73 Å². The van der Waals surface area contributed by atoms with E-state index < -0.39 is 23.2 Å². The van der Waals surface area contributed by atoms with E-state index in [0.29, 0.717) is 12.0 Å². The molecule has 0 heterocycles. The summed E-state index contributed by atoms with van der Waals surface area (Å²) in [6, 6.07) is 4.58. The van der Waals surface area contributed by atoms with Crippen LogP contribution in [0.5, 0.6) is 0 Å². The molecule has 0 spiro atoms. The maximum atomic E-state index is 12.4. The number of nitrogens with one attached hydrogen (secondary N) is 1. The Morgan fingerprint density at radius 3 is 2.29 bits per heavy atom. The van der Waals surface area contributed by atoms with Crippen molar-refractivity contribution in [2.24, 2.45) is 5.73 Å². The minimum Gasteiger partial charge on any atom is -0.368 e. The minimum absolute atomic E-state index is 0.217. The molecule has 114 valence electrons. The van der Waals surface area contributed by atoms with Crippen LogP contribution in [-0.4, -0.2) is 18.0 Å². The summed E-state index contributed by atoms with van der Waals surface area (Å²) in [6.07, 6.45) is -3.83. The molecule has 1 aromatic carbocycles. The summed E-state index contributed by atoms with van der Waals surface area (Å²) >= 11 is 0. The number of benzene rings is 1. The zero-order chi connectivity index (χ0) is 16.1. The predicted octanol–water partition coefficient (Wildman–Crippen LogP) is 2.30. The zero-order valence-corrected chi connectivity index (χ0v) is 11.8. The highest BCUT2D eigenvalue weighted by atomic mass is 19.4. The second-order valence-electron chi connectivity index (χ2n) is 4.78. The van der Waals surface area contributed by atoms with Gasteiger partial charge in [-0.15, -0.1) is 0 Å². The van der Waals surface area contributed by atoms with Crippen LogP contribution in [0.1, 0.15) is 31.4 Å². The molecule has 0 saturated heterocycles. The lowest BCUT2D eigenvalue weighted by Crippen LogP contribution is -2.52. The van der Waals surface area contributed by atoms with Gasteiger partial charge >= 0.3 is 6.18 Å². The lowest BCUT2D eigenvalue weighted by molar-refractivity contribution is -0.137. The summed E-state index contributed by atoms with van der Waals surface area (Å²) in [6.45, 7) is 3.71. The summed E-state index contributed by atoms with van der Waals surface area (Å²) in [5.41, 5.74) is 4.20. The first-order chi connectivity index (χ1) is 9.69. The van der Waals surface area contributed by atoms with Crippen molar-refractivity contribution in [3.05, 3.63) is 35.4 Å². The second kappa shape index (κ2) is 6.64. The van der Waals surface area contributed by atoms with Crippen molar-refractivity contribution in [1.82, 2.24) is 5.32 Å². The Balaban J connectivity index is 2.66. The van der Waals surface area contributed by atoms with Gasteiger partial charge in [0.1, 0.15) is 0 Å². The fourth-order valence-corrected chi connectivity index (χ4v) is 1.51. The fourth-order valence-electron chi connectivity index (χ4n) is 1.51. The van der Waals surface area contributed by atoms with E-state index in [1.54, 1.807) is 6.92 Å². The van der Waals surface area contributed by atoms with Gasteiger partial charge in [-0.2, -0.15) is 13.2 Å². The molecule has 0 aliphatic carbocycles.